The number of alkyl halides is 3. The smallest absolute Gasteiger partial charge is 0.292 e. The minimum absolute atomic E-state index is 0.332. The molecule has 0 radical (unpaired) electrons. The van der Waals surface area contributed by atoms with Gasteiger partial charge in [-0.2, -0.15) is 13.2 Å². The van der Waals surface area contributed by atoms with Gasteiger partial charge in [-0.05, 0) is 45.3 Å². The Morgan fingerprint density at radius 1 is 1.33 bits per heavy atom. The van der Waals surface area contributed by atoms with Crippen molar-refractivity contribution in [2.24, 2.45) is 0 Å². The van der Waals surface area contributed by atoms with Gasteiger partial charge in [0.15, 0.2) is 5.78 Å². The molecule has 1 aliphatic rings. The van der Waals surface area contributed by atoms with Crippen LogP contribution in [0.4, 0.5) is 13.2 Å². The molecular formula is C15H19F3N2O. The Labute approximate surface area is 122 Å². The van der Waals surface area contributed by atoms with E-state index < -0.39 is 23.1 Å². The highest BCUT2D eigenvalue weighted by atomic mass is 19.4. The largest absolute Gasteiger partial charge is 0.417 e. The molecule has 0 bridgehead atoms. The Hall–Kier alpha value is -1.43. The van der Waals surface area contributed by atoms with Gasteiger partial charge in [-0.3, -0.25) is 14.7 Å². The van der Waals surface area contributed by atoms with Crippen molar-refractivity contribution in [2.75, 3.05) is 13.1 Å². The summed E-state index contributed by atoms with van der Waals surface area (Å²) in [5, 5.41) is 0. The number of likely N-dealkylation sites (tertiary alicyclic amines) is 1. The first-order valence-corrected chi connectivity index (χ1v) is 7.11. The summed E-state index contributed by atoms with van der Waals surface area (Å²) in [5.41, 5.74) is -2.14. The number of carbonyl (C=O) groups excluding carboxylic acids is 1. The lowest BCUT2D eigenvalue weighted by molar-refractivity contribution is -0.138. The van der Waals surface area contributed by atoms with Gasteiger partial charge in [0, 0.05) is 12.4 Å². The summed E-state index contributed by atoms with van der Waals surface area (Å²) >= 11 is 0. The molecule has 1 saturated heterocycles. The molecule has 3 nitrogen and oxygen atoms in total. The minimum Gasteiger partial charge on any atom is -0.292 e. The fourth-order valence-corrected chi connectivity index (χ4v) is 2.85. The topological polar surface area (TPSA) is 33.2 Å². The van der Waals surface area contributed by atoms with Crippen LogP contribution in [0.1, 0.15) is 49.0 Å². The molecular weight excluding hydrogens is 281 g/mol. The number of nitrogens with zero attached hydrogens (tertiary/aromatic N) is 2. The Kier molecular flexibility index (Phi) is 4.37. The molecule has 1 aromatic rings. The number of rotatable bonds is 4. The van der Waals surface area contributed by atoms with Crippen LogP contribution in [0, 0.1) is 0 Å². The molecule has 0 aliphatic carbocycles. The van der Waals surface area contributed by atoms with Gasteiger partial charge >= 0.3 is 6.18 Å². The minimum atomic E-state index is -4.55. The normalized spacial score (nSPS) is 19.5. The number of ketones is 1. The van der Waals surface area contributed by atoms with Crippen molar-refractivity contribution in [3.63, 3.8) is 0 Å². The number of halogens is 3. The summed E-state index contributed by atoms with van der Waals surface area (Å²) in [6, 6.07) is 0.868. The Morgan fingerprint density at radius 2 is 1.95 bits per heavy atom. The molecule has 0 aromatic carbocycles. The SMILES string of the molecule is CCC(C)(C(=O)c1cnccc1C(F)(F)F)N1CCCC1. The van der Waals surface area contributed by atoms with Gasteiger partial charge in [-0.15, -0.1) is 0 Å². The maximum absolute atomic E-state index is 13.1. The number of Topliss-reactive ketones (excluding diaryl/α,β-unsaturated/α-hetero) is 1. The van der Waals surface area contributed by atoms with E-state index in [1.54, 1.807) is 6.92 Å². The quantitative estimate of drug-likeness (QED) is 0.797. The van der Waals surface area contributed by atoms with E-state index in [1.165, 1.54) is 0 Å². The van der Waals surface area contributed by atoms with Crippen LogP contribution < -0.4 is 0 Å². The highest BCUT2D eigenvalue weighted by Gasteiger charge is 2.43. The molecule has 2 heterocycles. The van der Waals surface area contributed by atoms with Crippen LogP contribution >= 0.6 is 0 Å². The number of aromatic nitrogens is 1. The fourth-order valence-electron chi connectivity index (χ4n) is 2.85. The maximum atomic E-state index is 13.1. The molecule has 1 atom stereocenters. The van der Waals surface area contributed by atoms with E-state index >= 15 is 0 Å². The first-order valence-electron chi connectivity index (χ1n) is 7.11. The maximum Gasteiger partial charge on any atom is 0.417 e. The first kappa shape index (κ1) is 15.9. The molecule has 1 aliphatic heterocycles. The first-order chi connectivity index (χ1) is 9.80. The van der Waals surface area contributed by atoms with E-state index in [0.29, 0.717) is 6.42 Å². The molecule has 0 spiro atoms. The molecule has 21 heavy (non-hydrogen) atoms. The number of hydrogen-bond acceptors (Lipinski definition) is 3. The van der Waals surface area contributed by atoms with E-state index in [2.05, 4.69) is 4.98 Å². The zero-order valence-corrected chi connectivity index (χ0v) is 12.2. The van der Waals surface area contributed by atoms with Crippen molar-refractivity contribution < 1.29 is 18.0 Å². The summed E-state index contributed by atoms with van der Waals surface area (Å²) in [7, 11) is 0. The average molecular weight is 300 g/mol. The lowest BCUT2D eigenvalue weighted by Gasteiger charge is -2.37. The number of hydrogen-bond donors (Lipinski definition) is 0. The van der Waals surface area contributed by atoms with Crippen molar-refractivity contribution in [1.29, 1.82) is 0 Å². The van der Waals surface area contributed by atoms with Crippen LogP contribution in [-0.2, 0) is 6.18 Å². The highest BCUT2D eigenvalue weighted by molar-refractivity contribution is 6.04. The second-order valence-electron chi connectivity index (χ2n) is 5.57. The molecule has 0 saturated carbocycles. The summed E-state index contributed by atoms with van der Waals surface area (Å²) in [5.74, 6) is -0.493. The van der Waals surface area contributed by atoms with Crippen LogP contribution in [-0.4, -0.2) is 34.3 Å². The van der Waals surface area contributed by atoms with E-state index in [1.807, 2.05) is 11.8 Å². The van der Waals surface area contributed by atoms with Crippen LogP contribution in [0.15, 0.2) is 18.5 Å². The summed E-state index contributed by atoms with van der Waals surface area (Å²) in [6.45, 7) is 5.06. The van der Waals surface area contributed by atoms with Crippen molar-refractivity contribution in [2.45, 2.75) is 44.8 Å². The molecule has 1 fully saturated rings. The zero-order chi connectivity index (χ0) is 15.7. The van der Waals surface area contributed by atoms with Gasteiger partial charge in [0.05, 0.1) is 16.7 Å². The molecule has 0 N–H and O–H groups in total. The highest BCUT2D eigenvalue weighted by Crippen LogP contribution is 2.35. The van der Waals surface area contributed by atoms with E-state index in [9.17, 15) is 18.0 Å². The number of pyridine rings is 1. The zero-order valence-electron chi connectivity index (χ0n) is 12.2. The third-order valence-electron chi connectivity index (χ3n) is 4.35. The van der Waals surface area contributed by atoms with Crippen LogP contribution in [0.5, 0.6) is 0 Å². The number of carbonyl (C=O) groups is 1. The lowest BCUT2D eigenvalue weighted by atomic mass is 9.86. The van der Waals surface area contributed by atoms with Crippen LogP contribution in [0.3, 0.4) is 0 Å². The second-order valence-corrected chi connectivity index (χ2v) is 5.57. The van der Waals surface area contributed by atoms with Gasteiger partial charge in [0.2, 0.25) is 0 Å². The van der Waals surface area contributed by atoms with Gasteiger partial charge < -0.3 is 0 Å². The van der Waals surface area contributed by atoms with E-state index in [-0.39, 0.29) is 5.56 Å². The Bertz CT molecular complexity index is 524. The van der Waals surface area contributed by atoms with Gasteiger partial charge in [0.1, 0.15) is 0 Å². The second kappa shape index (κ2) is 5.75. The van der Waals surface area contributed by atoms with Gasteiger partial charge in [0.25, 0.3) is 0 Å². The van der Waals surface area contributed by atoms with Gasteiger partial charge in [-0.1, -0.05) is 6.92 Å². The van der Waals surface area contributed by atoms with Crippen molar-refractivity contribution in [3.05, 3.63) is 29.6 Å². The fraction of sp³-hybridized carbons (Fsp3) is 0.600. The molecule has 1 aromatic heterocycles. The van der Waals surface area contributed by atoms with E-state index in [4.69, 9.17) is 0 Å². The summed E-state index contributed by atoms with van der Waals surface area (Å²) in [4.78, 5) is 18.5. The standard InChI is InChI=1S/C15H19F3N2O/c1-3-14(2,20-8-4-5-9-20)13(21)11-10-19-7-6-12(11)15(16,17)18/h6-7,10H,3-5,8-9H2,1-2H3. The molecule has 0 amide bonds. The van der Waals surface area contributed by atoms with Crippen molar-refractivity contribution in [1.82, 2.24) is 9.88 Å². The average Bonchev–Trinajstić information content (AvgIpc) is 2.99. The van der Waals surface area contributed by atoms with Gasteiger partial charge in [-0.25, -0.2) is 0 Å². The van der Waals surface area contributed by atoms with Crippen molar-refractivity contribution >= 4 is 5.78 Å². The molecule has 6 heteroatoms. The lowest BCUT2D eigenvalue weighted by Crippen LogP contribution is -2.51. The predicted octanol–water partition coefficient (Wildman–Crippen LogP) is 3.55. The molecule has 116 valence electrons. The van der Waals surface area contributed by atoms with E-state index in [0.717, 1.165) is 44.4 Å². The Balaban J connectivity index is 2.43. The predicted molar refractivity (Wildman–Crippen MR) is 73.1 cm³/mol. The Morgan fingerprint density at radius 3 is 2.48 bits per heavy atom. The molecule has 1 unspecified atom stereocenters. The van der Waals surface area contributed by atoms with Crippen LogP contribution in [0.25, 0.3) is 0 Å². The summed E-state index contributed by atoms with van der Waals surface area (Å²) < 4.78 is 39.3. The van der Waals surface area contributed by atoms with Crippen molar-refractivity contribution in [3.8, 4) is 0 Å². The third-order valence-corrected chi connectivity index (χ3v) is 4.35. The third kappa shape index (κ3) is 2.95. The molecule has 2 rings (SSSR count). The summed E-state index contributed by atoms with van der Waals surface area (Å²) in [6.07, 6.45) is -0.0242. The monoisotopic (exact) mass is 300 g/mol. The van der Waals surface area contributed by atoms with Crippen LogP contribution in [0.2, 0.25) is 0 Å².